The van der Waals surface area contributed by atoms with E-state index in [0.717, 1.165) is 69.4 Å². The Labute approximate surface area is 290 Å². The van der Waals surface area contributed by atoms with Crippen LogP contribution in [0.5, 0.6) is 5.75 Å². The van der Waals surface area contributed by atoms with Crippen molar-refractivity contribution in [1.82, 2.24) is 19.8 Å². The summed E-state index contributed by atoms with van der Waals surface area (Å²) in [4.78, 5) is 34.5. The summed E-state index contributed by atoms with van der Waals surface area (Å²) < 4.78 is 49.3. The van der Waals surface area contributed by atoms with Crippen molar-refractivity contribution in [3.05, 3.63) is 72.3 Å². The van der Waals surface area contributed by atoms with Gasteiger partial charge >= 0.3 is 0 Å². The lowest BCUT2D eigenvalue weighted by Gasteiger charge is -2.46. The SMILES string of the molecule is C=CC(=O)Nc1cc(Nc2cc(N3OCC[C@@H]3c3c(F)ccc(F)c3F)ncn2)c(OC)cc1N1CCC(N2CCN(C3CC3)[C@H](C)C2)CC1. The Morgan fingerprint density at radius 2 is 1.76 bits per heavy atom. The highest BCUT2D eigenvalue weighted by Gasteiger charge is 2.38. The molecule has 11 nitrogen and oxygen atoms in total. The smallest absolute Gasteiger partial charge is 0.247 e. The molecule has 0 spiro atoms. The van der Waals surface area contributed by atoms with Crippen LogP contribution in [0.15, 0.2) is 49.3 Å². The molecule has 7 rings (SSSR count). The van der Waals surface area contributed by atoms with Gasteiger partial charge < -0.3 is 20.3 Å². The summed E-state index contributed by atoms with van der Waals surface area (Å²) in [6.45, 7) is 11.1. The number of carbonyl (C=O) groups excluding carboxylic acids is 1. The van der Waals surface area contributed by atoms with Crippen molar-refractivity contribution in [2.75, 3.05) is 67.0 Å². The fourth-order valence-electron chi connectivity index (χ4n) is 7.61. The Balaban J connectivity index is 1.09. The van der Waals surface area contributed by atoms with E-state index in [-0.39, 0.29) is 24.8 Å². The monoisotopic (exact) mass is 692 g/mol. The largest absolute Gasteiger partial charge is 0.494 e. The molecule has 3 saturated heterocycles. The van der Waals surface area contributed by atoms with Crippen molar-refractivity contribution in [2.45, 2.75) is 63.2 Å². The molecule has 3 aromatic rings. The number of amides is 1. The maximum atomic E-state index is 14.7. The number of hydrogen-bond donors (Lipinski definition) is 2. The highest BCUT2D eigenvalue weighted by atomic mass is 19.2. The van der Waals surface area contributed by atoms with Crippen LogP contribution in [0.25, 0.3) is 0 Å². The van der Waals surface area contributed by atoms with E-state index in [1.807, 2.05) is 6.07 Å². The second-order valence-electron chi connectivity index (χ2n) is 13.4. The number of carbonyl (C=O) groups is 1. The Morgan fingerprint density at radius 3 is 2.48 bits per heavy atom. The van der Waals surface area contributed by atoms with E-state index in [9.17, 15) is 18.0 Å². The number of nitrogens with zero attached hydrogens (tertiary/aromatic N) is 6. The molecule has 1 aromatic heterocycles. The first-order chi connectivity index (χ1) is 24.2. The van der Waals surface area contributed by atoms with Crippen LogP contribution in [0, 0.1) is 17.5 Å². The second kappa shape index (κ2) is 14.4. The van der Waals surface area contributed by atoms with Crippen LogP contribution in [0.3, 0.4) is 0 Å². The van der Waals surface area contributed by atoms with E-state index < -0.39 is 29.1 Å². The molecule has 1 saturated carbocycles. The summed E-state index contributed by atoms with van der Waals surface area (Å²) in [5, 5.41) is 7.46. The topological polar surface area (TPSA) is 98.3 Å². The summed E-state index contributed by atoms with van der Waals surface area (Å²) in [5.41, 5.74) is 1.50. The van der Waals surface area contributed by atoms with Gasteiger partial charge in [-0.05, 0) is 56.9 Å². The number of methoxy groups -OCH3 is 1. The van der Waals surface area contributed by atoms with Crippen LogP contribution in [0.4, 0.5) is 41.9 Å². The number of nitrogens with one attached hydrogen (secondary N) is 2. The third-order valence-electron chi connectivity index (χ3n) is 10.3. The van der Waals surface area contributed by atoms with Crippen molar-refractivity contribution in [1.29, 1.82) is 0 Å². The molecule has 1 aliphatic carbocycles. The van der Waals surface area contributed by atoms with Crippen LogP contribution in [0.1, 0.15) is 50.6 Å². The molecule has 4 fully saturated rings. The molecule has 4 heterocycles. The number of piperazine rings is 1. The molecule has 2 atom stereocenters. The molecule has 1 amide bonds. The van der Waals surface area contributed by atoms with Crippen LogP contribution in [0.2, 0.25) is 0 Å². The van der Waals surface area contributed by atoms with Crippen molar-refractivity contribution in [3.8, 4) is 5.75 Å². The van der Waals surface area contributed by atoms with Crippen molar-refractivity contribution < 1.29 is 27.5 Å². The number of hydrogen-bond acceptors (Lipinski definition) is 10. The lowest BCUT2D eigenvalue weighted by molar-refractivity contribution is -0.111. The van der Waals surface area contributed by atoms with E-state index in [4.69, 9.17) is 9.57 Å². The molecule has 0 radical (unpaired) electrons. The van der Waals surface area contributed by atoms with E-state index in [0.29, 0.717) is 35.0 Å². The zero-order valence-electron chi connectivity index (χ0n) is 28.4. The number of halogens is 3. The standard InChI is InChI=1S/C36H43F3N8O3/c1-4-34(48)43-27-17-28(42-32-19-33(41-21-40-32)47-29(11-16-50-47)35-25(37)7-8-26(38)36(35)39)31(49-3)18-30(27)44-12-9-23(10-13-44)45-14-15-46(22(2)20-45)24-5-6-24/h4,7-8,17-19,21-24,29H,1,5-6,9-16,20H2,2-3H3,(H,43,48)(H,40,41,42)/t22-,29-/m1/s1. The quantitative estimate of drug-likeness (QED) is 0.201. The van der Waals surface area contributed by atoms with Gasteiger partial charge in [0, 0.05) is 69.4 Å². The maximum Gasteiger partial charge on any atom is 0.247 e. The molecule has 0 bridgehead atoms. The summed E-state index contributed by atoms with van der Waals surface area (Å²) in [6.07, 6.45) is 7.43. The molecule has 2 aromatic carbocycles. The van der Waals surface area contributed by atoms with Gasteiger partial charge in [0.1, 0.15) is 23.7 Å². The number of anilines is 5. The summed E-state index contributed by atoms with van der Waals surface area (Å²) in [7, 11) is 1.57. The van der Waals surface area contributed by atoms with Crippen LogP contribution in [-0.4, -0.2) is 90.2 Å². The predicted molar refractivity (Wildman–Crippen MR) is 185 cm³/mol. The van der Waals surface area contributed by atoms with Gasteiger partial charge in [0.2, 0.25) is 5.91 Å². The number of ether oxygens (including phenoxy) is 1. The number of aromatic nitrogens is 2. The first kappa shape index (κ1) is 34.1. The fourth-order valence-corrected chi connectivity index (χ4v) is 7.61. The van der Waals surface area contributed by atoms with Gasteiger partial charge in [-0.3, -0.25) is 19.4 Å². The van der Waals surface area contributed by atoms with Gasteiger partial charge in [0.05, 0.1) is 42.4 Å². The van der Waals surface area contributed by atoms with Crippen molar-refractivity contribution >= 4 is 34.6 Å². The van der Waals surface area contributed by atoms with Crippen molar-refractivity contribution in [3.63, 3.8) is 0 Å². The van der Waals surface area contributed by atoms with Crippen LogP contribution >= 0.6 is 0 Å². The van der Waals surface area contributed by atoms with E-state index in [2.05, 4.69) is 48.8 Å². The Bertz CT molecular complexity index is 1730. The van der Waals surface area contributed by atoms with Crippen LogP contribution < -0.4 is 25.3 Å². The minimum Gasteiger partial charge on any atom is -0.494 e. The highest BCUT2D eigenvalue weighted by Crippen LogP contribution is 2.41. The fraction of sp³-hybridized carbons (Fsp3) is 0.472. The van der Waals surface area contributed by atoms with Gasteiger partial charge in [-0.25, -0.2) is 28.2 Å². The minimum absolute atomic E-state index is 0.155. The molecule has 14 heteroatoms. The molecule has 2 N–H and O–H groups in total. The zero-order valence-corrected chi connectivity index (χ0v) is 28.4. The Kier molecular flexibility index (Phi) is 9.84. The predicted octanol–water partition coefficient (Wildman–Crippen LogP) is 5.79. The van der Waals surface area contributed by atoms with E-state index in [1.165, 1.54) is 30.3 Å². The number of benzene rings is 2. The van der Waals surface area contributed by atoms with E-state index >= 15 is 0 Å². The van der Waals surface area contributed by atoms with E-state index in [1.54, 1.807) is 19.2 Å². The third-order valence-corrected chi connectivity index (χ3v) is 10.3. The second-order valence-corrected chi connectivity index (χ2v) is 13.4. The molecule has 266 valence electrons. The highest BCUT2D eigenvalue weighted by molar-refractivity contribution is 6.02. The molecule has 4 aliphatic rings. The van der Waals surface area contributed by atoms with Gasteiger partial charge in [0.15, 0.2) is 17.5 Å². The summed E-state index contributed by atoms with van der Waals surface area (Å²) >= 11 is 0. The number of hydroxylamine groups is 1. The molecular weight excluding hydrogens is 649 g/mol. The average molecular weight is 693 g/mol. The molecular formula is C36H43F3N8O3. The molecule has 50 heavy (non-hydrogen) atoms. The lowest BCUT2D eigenvalue weighted by Crippen LogP contribution is -2.57. The molecule has 3 aliphatic heterocycles. The van der Waals surface area contributed by atoms with Crippen LogP contribution in [-0.2, 0) is 9.63 Å². The first-order valence-corrected chi connectivity index (χ1v) is 17.3. The molecule has 0 unspecified atom stereocenters. The lowest BCUT2D eigenvalue weighted by atomic mass is 9.99. The average Bonchev–Trinajstić information content (AvgIpc) is 3.86. The normalized spacial score (nSPS) is 22.1. The van der Waals surface area contributed by atoms with Crippen molar-refractivity contribution in [2.24, 2.45) is 0 Å². The number of piperidine rings is 1. The van der Waals surface area contributed by atoms with Gasteiger partial charge in [-0.15, -0.1) is 0 Å². The number of rotatable bonds is 10. The summed E-state index contributed by atoms with van der Waals surface area (Å²) in [6, 6.07) is 7.84. The Hall–Kier alpha value is -4.40. The summed E-state index contributed by atoms with van der Waals surface area (Å²) in [5.74, 6) is -2.57. The minimum atomic E-state index is -1.26. The zero-order chi connectivity index (χ0) is 34.9. The Morgan fingerprint density at radius 1 is 0.980 bits per heavy atom. The van der Waals surface area contributed by atoms with Gasteiger partial charge in [0.25, 0.3) is 0 Å². The van der Waals surface area contributed by atoms with Gasteiger partial charge in [-0.1, -0.05) is 6.58 Å². The third kappa shape index (κ3) is 6.96. The first-order valence-electron chi connectivity index (χ1n) is 17.3. The van der Waals surface area contributed by atoms with Gasteiger partial charge in [-0.2, -0.15) is 0 Å². The maximum absolute atomic E-state index is 14.7.